The van der Waals surface area contributed by atoms with Gasteiger partial charge in [0.15, 0.2) is 11.5 Å². The summed E-state index contributed by atoms with van der Waals surface area (Å²) in [5.74, 6) is 0.720. The Hall–Kier alpha value is -1.59. The van der Waals surface area contributed by atoms with Crippen molar-refractivity contribution in [1.82, 2.24) is 10.3 Å². The van der Waals surface area contributed by atoms with Crippen molar-refractivity contribution in [3.05, 3.63) is 40.3 Å². The fourth-order valence-electron chi connectivity index (χ4n) is 1.60. The number of phenols is 1. The molecule has 0 amide bonds. The Balaban J connectivity index is 1.90. The molecule has 1 aromatic carbocycles. The number of phenolic OH excluding ortho intramolecular Hbond substituents is 1. The number of nitrogens with zero attached hydrogens (tertiary/aromatic N) is 1. The van der Waals surface area contributed by atoms with Gasteiger partial charge in [0.2, 0.25) is 0 Å². The summed E-state index contributed by atoms with van der Waals surface area (Å²) in [5.41, 5.74) is 2.91. The predicted octanol–water partition coefficient (Wildman–Crippen LogP) is 2.54. The third kappa shape index (κ3) is 3.45. The van der Waals surface area contributed by atoms with E-state index in [1.165, 1.54) is 4.88 Å². The maximum Gasteiger partial charge on any atom is 0.161 e. The third-order valence-electron chi connectivity index (χ3n) is 2.44. The zero-order valence-electron chi connectivity index (χ0n) is 10.2. The normalized spacial score (nSPS) is 10.5. The Kier molecular flexibility index (Phi) is 4.55. The molecule has 2 aromatic rings. The molecule has 0 saturated heterocycles. The molecule has 1 aromatic heterocycles. The van der Waals surface area contributed by atoms with Gasteiger partial charge in [-0.15, -0.1) is 11.3 Å². The molecule has 0 atom stereocenters. The van der Waals surface area contributed by atoms with Crippen LogP contribution in [0.15, 0.2) is 29.9 Å². The van der Waals surface area contributed by atoms with Crippen LogP contribution in [0, 0.1) is 0 Å². The van der Waals surface area contributed by atoms with E-state index in [0.717, 1.165) is 18.7 Å². The first-order chi connectivity index (χ1) is 8.79. The van der Waals surface area contributed by atoms with Gasteiger partial charge in [0.1, 0.15) is 0 Å². The fourth-order valence-corrected chi connectivity index (χ4v) is 2.16. The summed E-state index contributed by atoms with van der Waals surface area (Å²) in [6, 6.07) is 5.41. The molecular weight excluding hydrogens is 248 g/mol. The van der Waals surface area contributed by atoms with Crippen LogP contribution in [-0.2, 0) is 13.1 Å². The second kappa shape index (κ2) is 6.37. The van der Waals surface area contributed by atoms with Gasteiger partial charge in [-0.2, -0.15) is 0 Å². The second-order valence-corrected chi connectivity index (χ2v) is 4.78. The molecule has 0 fully saturated rings. The minimum absolute atomic E-state index is 0.183. The number of hydrogen-bond acceptors (Lipinski definition) is 5. The Morgan fingerprint density at radius 2 is 2.28 bits per heavy atom. The molecule has 0 saturated carbocycles. The van der Waals surface area contributed by atoms with E-state index >= 15 is 0 Å². The molecule has 18 heavy (non-hydrogen) atoms. The van der Waals surface area contributed by atoms with Gasteiger partial charge in [-0.25, -0.2) is 0 Å². The summed E-state index contributed by atoms with van der Waals surface area (Å²) in [6.45, 7) is 3.98. The van der Waals surface area contributed by atoms with Crippen molar-refractivity contribution in [2.45, 2.75) is 20.0 Å². The van der Waals surface area contributed by atoms with Crippen LogP contribution in [0.25, 0.3) is 0 Å². The number of aromatic hydroxyl groups is 1. The van der Waals surface area contributed by atoms with Gasteiger partial charge in [-0.3, -0.25) is 4.98 Å². The highest BCUT2D eigenvalue weighted by atomic mass is 32.1. The van der Waals surface area contributed by atoms with E-state index in [2.05, 4.69) is 10.3 Å². The van der Waals surface area contributed by atoms with Crippen LogP contribution in [0.4, 0.5) is 0 Å². The minimum Gasteiger partial charge on any atom is -0.504 e. The highest BCUT2D eigenvalue weighted by Crippen LogP contribution is 2.26. The van der Waals surface area contributed by atoms with Crippen LogP contribution in [0.5, 0.6) is 11.5 Å². The molecule has 0 spiro atoms. The first-order valence-corrected chi connectivity index (χ1v) is 6.70. The van der Waals surface area contributed by atoms with Crippen LogP contribution >= 0.6 is 11.3 Å². The molecule has 1 heterocycles. The van der Waals surface area contributed by atoms with E-state index in [1.54, 1.807) is 17.4 Å². The van der Waals surface area contributed by atoms with E-state index in [-0.39, 0.29) is 5.75 Å². The third-order valence-corrected chi connectivity index (χ3v) is 3.22. The Bertz CT molecular complexity index is 486. The van der Waals surface area contributed by atoms with E-state index in [9.17, 15) is 5.11 Å². The summed E-state index contributed by atoms with van der Waals surface area (Å²) in [4.78, 5) is 5.23. The van der Waals surface area contributed by atoms with Crippen LogP contribution in [-0.4, -0.2) is 16.7 Å². The lowest BCUT2D eigenvalue weighted by molar-refractivity contribution is 0.317. The number of hydrogen-bond donors (Lipinski definition) is 2. The zero-order chi connectivity index (χ0) is 12.8. The maximum atomic E-state index is 9.59. The van der Waals surface area contributed by atoms with Crippen molar-refractivity contribution < 1.29 is 9.84 Å². The number of benzene rings is 1. The Morgan fingerprint density at radius 3 is 3.00 bits per heavy atom. The van der Waals surface area contributed by atoms with E-state index in [1.807, 2.05) is 30.8 Å². The predicted molar refractivity (Wildman–Crippen MR) is 71.9 cm³/mol. The molecule has 96 valence electrons. The Labute approximate surface area is 110 Å². The van der Waals surface area contributed by atoms with E-state index in [0.29, 0.717) is 12.4 Å². The largest absolute Gasteiger partial charge is 0.504 e. The van der Waals surface area contributed by atoms with E-state index in [4.69, 9.17) is 4.74 Å². The summed E-state index contributed by atoms with van der Waals surface area (Å²) in [5, 5.41) is 12.9. The highest BCUT2D eigenvalue weighted by Gasteiger charge is 2.03. The zero-order valence-corrected chi connectivity index (χ0v) is 11.0. The number of thiazole rings is 1. The molecule has 4 nitrogen and oxygen atoms in total. The van der Waals surface area contributed by atoms with Crippen molar-refractivity contribution >= 4 is 11.3 Å². The molecule has 2 rings (SSSR count). The molecule has 0 unspecified atom stereocenters. The topological polar surface area (TPSA) is 54.4 Å². The van der Waals surface area contributed by atoms with Gasteiger partial charge in [-0.05, 0) is 24.6 Å². The lowest BCUT2D eigenvalue weighted by Crippen LogP contribution is -2.11. The monoisotopic (exact) mass is 264 g/mol. The summed E-state index contributed by atoms with van der Waals surface area (Å²) < 4.78 is 5.34. The highest BCUT2D eigenvalue weighted by molar-refractivity contribution is 7.09. The molecule has 0 aliphatic rings. The van der Waals surface area contributed by atoms with Gasteiger partial charge in [0, 0.05) is 24.2 Å². The second-order valence-electron chi connectivity index (χ2n) is 3.81. The van der Waals surface area contributed by atoms with Gasteiger partial charge < -0.3 is 15.2 Å². The quantitative estimate of drug-likeness (QED) is 0.842. The molecule has 0 aliphatic heterocycles. The molecule has 5 heteroatoms. The first kappa shape index (κ1) is 12.9. The van der Waals surface area contributed by atoms with Gasteiger partial charge in [-0.1, -0.05) is 6.07 Å². The standard InChI is InChI=1S/C13H16N2O2S/c1-2-17-13-5-10(3-4-12(13)16)6-14-7-11-8-15-9-18-11/h3-5,8-9,14,16H,2,6-7H2,1H3. The van der Waals surface area contributed by atoms with Crippen molar-refractivity contribution in [2.24, 2.45) is 0 Å². The summed E-state index contributed by atoms with van der Waals surface area (Å²) >= 11 is 1.63. The van der Waals surface area contributed by atoms with Crippen molar-refractivity contribution in [3.8, 4) is 11.5 Å². The smallest absolute Gasteiger partial charge is 0.161 e. The molecular formula is C13H16N2O2S. The van der Waals surface area contributed by atoms with Crippen molar-refractivity contribution in [3.63, 3.8) is 0 Å². The van der Waals surface area contributed by atoms with E-state index < -0.39 is 0 Å². The molecule has 0 radical (unpaired) electrons. The van der Waals surface area contributed by atoms with Crippen LogP contribution < -0.4 is 10.1 Å². The lowest BCUT2D eigenvalue weighted by atomic mass is 10.2. The molecule has 0 bridgehead atoms. The first-order valence-electron chi connectivity index (χ1n) is 5.82. The number of nitrogens with one attached hydrogen (secondary N) is 1. The lowest BCUT2D eigenvalue weighted by Gasteiger charge is -2.08. The average molecular weight is 264 g/mol. The fraction of sp³-hybridized carbons (Fsp3) is 0.308. The maximum absolute atomic E-state index is 9.59. The van der Waals surface area contributed by atoms with Crippen molar-refractivity contribution in [1.29, 1.82) is 0 Å². The van der Waals surface area contributed by atoms with Gasteiger partial charge in [0.05, 0.1) is 12.1 Å². The average Bonchev–Trinajstić information content (AvgIpc) is 2.87. The SMILES string of the molecule is CCOc1cc(CNCc2cncs2)ccc1O. The minimum atomic E-state index is 0.183. The number of rotatable bonds is 6. The number of aromatic nitrogens is 1. The van der Waals surface area contributed by atoms with Crippen molar-refractivity contribution in [2.75, 3.05) is 6.61 Å². The van der Waals surface area contributed by atoms with Crippen LogP contribution in [0.1, 0.15) is 17.4 Å². The summed E-state index contributed by atoms with van der Waals surface area (Å²) in [7, 11) is 0. The number of ether oxygens (including phenoxy) is 1. The van der Waals surface area contributed by atoms with Gasteiger partial charge >= 0.3 is 0 Å². The van der Waals surface area contributed by atoms with Crippen LogP contribution in [0.2, 0.25) is 0 Å². The molecule has 2 N–H and O–H groups in total. The Morgan fingerprint density at radius 1 is 1.39 bits per heavy atom. The molecule has 0 aliphatic carbocycles. The summed E-state index contributed by atoms with van der Waals surface area (Å²) in [6.07, 6.45) is 1.86. The van der Waals surface area contributed by atoms with Crippen LogP contribution in [0.3, 0.4) is 0 Å². The van der Waals surface area contributed by atoms with Gasteiger partial charge in [0.25, 0.3) is 0 Å².